The Bertz CT molecular complexity index is 3320. The Hall–Kier alpha value is -7.78. The summed E-state index contributed by atoms with van der Waals surface area (Å²) in [5, 5.41) is 22.1. The van der Waals surface area contributed by atoms with Gasteiger partial charge in [-0.1, -0.05) is 89.1 Å². The molecule has 2 aromatic heterocycles. The van der Waals surface area contributed by atoms with E-state index in [4.69, 9.17) is 14.2 Å². The zero-order valence-corrected chi connectivity index (χ0v) is 43.7. The second-order valence-corrected chi connectivity index (χ2v) is 22.3. The summed E-state index contributed by atoms with van der Waals surface area (Å²) in [6, 6.07) is 21.2. The SMILES string of the molecule is COc1cc(C(C)(C)C)nc(Oc2c(C)cc(C)cc2C)c1C(=O)NS(=O)(=O)c1cccc([N+](=O)[O-])c1.Cc1cc(C)c(Oc2nc(C(C)(C)C)ccc2C(=O)NS(=O)(=O)c2cccc([N+](=O)[O-])c2)c(C)c1. The normalized spacial score (nSPS) is 11.7. The van der Waals surface area contributed by atoms with Crippen LogP contribution < -0.4 is 23.7 Å². The number of sulfonamides is 2. The van der Waals surface area contributed by atoms with E-state index in [1.165, 1.54) is 31.4 Å². The molecule has 6 aromatic rings. The summed E-state index contributed by atoms with van der Waals surface area (Å²) in [6.07, 6.45) is 0. The van der Waals surface area contributed by atoms with Crippen molar-refractivity contribution in [2.45, 2.75) is 104 Å². The lowest BCUT2D eigenvalue weighted by atomic mass is 9.91. The molecule has 19 nitrogen and oxygen atoms in total. The first-order valence-corrected chi connectivity index (χ1v) is 25.0. The number of carbonyl (C=O) groups excluding carboxylic acids is 2. The van der Waals surface area contributed by atoms with Crippen LogP contribution in [0, 0.1) is 61.8 Å². The molecule has 0 bridgehead atoms. The van der Waals surface area contributed by atoms with Gasteiger partial charge in [0, 0.05) is 46.9 Å². The molecule has 2 heterocycles. The standard InChI is InChI=1S/C26H29N3O7S.C25H27N3O6S/c1-15-11-16(2)23(17(3)12-15)36-25-22(20(35-7)14-21(27-25)26(4,5)6)24(30)28-37(33,34)19-10-8-9-18(13-19)29(31)32;1-15-12-16(2)22(17(3)13-15)34-24-20(10-11-21(26-24)25(4,5)6)23(29)27-35(32,33)19-9-7-8-18(14-19)28(30)31/h8-14H,1-7H3,(H,28,30);7-14H,1-6H3,(H,27,29). The number of aryl methyl sites for hydroxylation is 6. The summed E-state index contributed by atoms with van der Waals surface area (Å²) in [5.74, 6) is -1.16. The van der Waals surface area contributed by atoms with E-state index in [1.54, 1.807) is 12.1 Å². The highest BCUT2D eigenvalue weighted by atomic mass is 32.2. The number of non-ortho nitro benzene ring substituents is 2. The molecule has 0 radical (unpaired) electrons. The predicted molar refractivity (Wildman–Crippen MR) is 269 cm³/mol. The Morgan fingerprint density at radius 1 is 0.556 bits per heavy atom. The van der Waals surface area contributed by atoms with Crippen LogP contribution in [0.25, 0.3) is 0 Å². The van der Waals surface area contributed by atoms with Gasteiger partial charge in [0.25, 0.3) is 43.2 Å². The number of methoxy groups -OCH3 is 1. The Morgan fingerprint density at radius 3 is 1.36 bits per heavy atom. The largest absolute Gasteiger partial charge is 0.496 e. The number of amides is 2. The Morgan fingerprint density at radius 2 is 0.958 bits per heavy atom. The fraction of sp³-hybridized carbons (Fsp3) is 0.294. The van der Waals surface area contributed by atoms with Crippen LogP contribution in [-0.2, 0) is 30.9 Å². The number of benzene rings is 4. The number of nitro groups is 2. The number of rotatable bonds is 13. The summed E-state index contributed by atoms with van der Waals surface area (Å²) in [5.41, 5.74) is 4.56. The highest BCUT2D eigenvalue weighted by Gasteiger charge is 2.31. The third kappa shape index (κ3) is 13.1. The fourth-order valence-electron chi connectivity index (χ4n) is 7.28. The van der Waals surface area contributed by atoms with Crippen molar-refractivity contribution in [2.24, 2.45) is 0 Å². The highest BCUT2D eigenvalue weighted by molar-refractivity contribution is 7.90. The summed E-state index contributed by atoms with van der Waals surface area (Å²) in [7, 11) is -7.54. The van der Waals surface area contributed by atoms with Gasteiger partial charge in [0.15, 0.2) is 0 Å². The van der Waals surface area contributed by atoms with Gasteiger partial charge in [0.1, 0.15) is 28.4 Å². The summed E-state index contributed by atoms with van der Waals surface area (Å²) in [6.45, 7) is 23.0. The molecule has 72 heavy (non-hydrogen) atoms. The van der Waals surface area contributed by atoms with Crippen LogP contribution in [0.3, 0.4) is 0 Å². The van der Waals surface area contributed by atoms with Gasteiger partial charge in [0.05, 0.1) is 32.4 Å². The van der Waals surface area contributed by atoms with Gasteiger partial charge < -0.3 is 14.2 Å². The molecule has 0 aliphatic rings. The van der Waals surface area contributed by atoms with E-state index in [1.807, 2.05) is 117 Å². The van der Waals surface area contributed by atoms with Crippen LogP contribution in [0.2, 0.25) is 0 Å². The lowest BCUT2D eigenvalue weighted by Gasteiger charge is -2.22. The summed E-state index contributed by atoms with van der Waals surface area (Å²) < 4.78 is 73.2. The average molecular weight is 1030 g/mol. The van der Waals surface area contributed by atoms with E-state index in [9.17, 15) is 46.7 Å². The van der Waals surface area contributed by atoms with Gasteiger partial charge >= 0.3 is 0 Å². The van der Waals surface area contributed by atoms with E-state index < -0.39 is 68.3 Å². The van der Waals surface area contributed by atoms with E-state index in [0.29, 0.717) is 22.9 Å². The molecule has 2 N–H and O–H groups in total. The van der Waals surface area contributed by atoms with Crippen molar-refractivity contribution in [2.75, 3.05) is 7.11 Å². The Balaban J connectivity index is 0.000000268. The molecule has 0 saturated carbocycles. The molecule has 380 valence electrons. The van der Waals surface area contributed by atoms with Crippen LogP contribution in [-0.4, -0.2) is 55.6 Å². The number of hydrogen-bond donors (Lipinski definition) is 2. The summed E-state index contributed by atoms with van der Waals surface area (Å²) in [4.78, 5) is 55.4. The number of nitro benzene ring substituents is 2. The van der Waals surface area contributed by atoms with E-state index in [2.05, 4.69) is 9.97 Å². The third-order valence-electron chi connectivity index (χ3n) is 10.8. The van der Waals surface area contributed by atoms with Crippen molar-refractivity contribution >= 4 is 43.2 Å². The van der Waals surface area contributed by atoms with Crippen molar-refractivity contribution in [3.05, 3.63) is 167 Å². The summed E-state index contributed by atoms with van der Waals surface area (Å²) >= 11 is 0. The van der Waals surface area contributed by atoms with Crippen LogP contribution in [0.5, 0.6) is 29.0 Å². The molecular weight excluding hydrogens is 969 g/mol. The fourth-order valence-corrected chi connectivity index (χ4v) is 9.28. The lowest BCUT2D eigenvalue weighted by Crippen LogP contribution is -2.31. The Kier molecular flexibility index (Phi) is 16.3. The number of ether oxygens (including phenoxy) is 3. The first-order chi connectivity index (χ1) is 33.3. The van der Waals surface area contributed by atoms with Gasteiger partial charge in [0.2, 0.25) is 11.8 Å². The van der Waals surface area contributed by atoms with Gasteiger partial charge in [-0.3, -0.25) is 29.8 Å². The number of pyridine rings is 2. The highest BCUT2D eigenvalue weighted by Crippen LogP contribution is 2.38. The molecule has 21 heteroatoms. The number of carbonyl (C=O) groups is 2. The minimum atomic E-state index is -4.48. The Labute approximate surface area is 418 Å². The van der Waals surface area contributed by atoms with Crippen LogP contribution in [0.1, 0.15) is 107 Å². The molecule has 0 saturated heterocycles. The maximum absolute atomic E-state index is 13.4. The molecular formula is C51H56N6O13S2. The van der Waals surface area contributed by atoms with E-state index >= 15 is 0 Å². The number of nitrogens with one attached hydrogen (secondary N) is 2. The van der Waals surface area contributed by atoms with Crippen LogP contribution in [0.4, 0.5) is 11.4 Å². The smallest absolute Gasteiger partial charge is 0.274 e. The van der Waals surface area contributed by atoms with Gasteiger partial charge in [-0.05, 0) is 88.1 Å². The zero-order valence-electron chi connectivity index (χ0n) is 42.1. The van der Waals surface area contributed by atoms with Gasteiger partial charge in [-0.15, -0.1) is 0 Å². The molecule has 0 unspecified atom stereocenters. The quantitative estimate of drug-likeness (QED) is 0.0804. The molecule has 0 fully saturated rings. The molecule has 0 atom stereocenters. The van der Waals surface area contributed by atoms with Crippen molar-refractivity contribution in [3.8, 4) is 29.0 Å². The molecule has 4 aromatic carbocycles. The third-order valence-corrected chi connectivity index (χ3v) is 13.4. The minimum Gasteiger partial charge on any atom is -0.496 e. The molecule has 0 spiro atoms. The van der Waals surface area contributed by atoms with Gasteiger partial charge in [-0.2, -0.15) is 0 Å². The average Bonchev–Trinajstić information content (AvgIpc) is 3.27. The minimum absolute atomic E-state index is 0.0424. The maximum Gasteiger partial charge on any atom is 0.274 e. The van der Waals surface area contributed by atoms with Crippen molar-refractivity contribution in [1.29, 1.82) is 0 Å². The van der Waals surface area contributed by atoms with Crippen LogP contribution >= 0.6 is 0 Å². The number of nitrogens with zero attached hydrogens (tertiary/aromatic N) is 4. The predicted octanol–water partition coefficient (Wildman–Crippen LogP) is 10.3. The first-order valence-electron chi connectivity index (χ1n) is 22.1. The second kappa shape index (κ2) is 21.3. The van der Waals surface area contributed by atoms with Gasteiger partial charge in [-0.25, -0.2) is 36.2 Å². The maximum atomic E-state index is 13.4. The van der Waals surface area contributed by atoms with E-state index in [0.717, 1.165) is 63.7 Å². The lowest BCUT2D eigenvalue weighted by molar-refractivity contribution is -0.385. The molecule has 0 aliphatic heterocycles. The van der Waals surface area contributed by atoms with Crippen LogP contribution in [0.15, 0.2) is 101 Å². The topological polar surface area (TPSA) is 266 Å². The molecule has 6 rings (SSSR count). The number of aromatic nitrogens is 2. The van der Waals surface area contributed by atoms with Crippen molar-refractivity contribution in [3.63, 3.8) is 0 Å². The first kappa shape index (κ1) is 55.2. The molecule has 0 aliphatic carbocycles. The second-order valence-electron chi connectivity index (χ2n) is 19.0. The monoisotopic (exact) mass is 1020 g/mol. The van der Waals surface area contributed by atoms with Crippen molar-refractivity contribution < 1.29 is 50.5 Å². The molecule has 2 amide bonds. The number of hydrogen-bond acceptors (Lipinski definition) is 15. The van der Waals surface area contributed by atoms with Crippen molar-refractivity contribution in [1.82, 2.24) is 19.4 Å². The van der Waals surface area contributed by atoms with E-state index in [-0.39, 0.29) is 34.1 Å². The zero-order chi connectivity index (χ0) is 53.8.